The Bertz CT molecular complexity index is 796. The molecule has 0 heterocycles. The van der Waals surface area contributed by atoms with E-state index in [-0.39, 0.29) is 0 Å². The Morgan fingerprint density at radius 3 is 2.28 bits per heavy atom. The molecule has 0 saturated carbocycles. The lowest BCUT2D eigenvalue weighted by Gasteiger charge is -2.13. The third kappa shape index (κ3) is 5.01. The average molecular weight is 365 g/mol. The molecule has 1 aromatic rings. The number of methoxy groups -OCH3 is 1. The minimum absolute atomic E-state index is 0.492. The zero-order chi connectivity index (χ0) is 18.2. The Labute approximate surface area is 151 Å². The smallest absolute Gasteiger partial charge is 0.355 e. The molecule has 0 fully saturated rings. The van der Waals surface area contributed by atoms with E-state index in [0.29, 0.717) is 0 Å². The number of hydrogen-bond acceptors (Lipinski definition) is 4. The van der Waals surface area contributed by atoms with Gasteiger partial charge in [-0.2, -0.15) is 0 Å². The first-order valence-corrected chi connectivity index (χ1v) is 8.05. The number of amides is 2. The van der Waals surface area contributed by atoms with E-state index in [2.05, 4.69) is 35.2 Å². The second kappa shape index (κ2) is 9.15. The molecule has 0 bridgehead atoms. The normalized spacial score (nSPS) is 10.2. The van der Waals surface area contributed by atoms with Crippen LogP contribution in [0.25, 0.3) is 0 Å². The Hall–Kier alpha value is -2.44. The van der Waals surface area contributed by atoms with Crippen LogP contribution in [0.5, 0.6) is 11.5 Å². The lowest BCUT2D eigenvalue weighted by atomic mass is 10.1. The van der Waals surface area contributed by atoms with Gasteiger partial charge in [0.2, 0.25) is 0 Å². The van der Waals surface area contributed by atoms with Gasteiger partial charge in [-0.1, -0.05) is 24.3 Å². The predicted molar refractivity (Wildman–Crippen MR) is 95.5 cm³/mol. The molecular formula is C18H21ClN2O4. The van der Waals surface area contributed by atoms with Crippen LogP contribution in [0.15, 0.2) is 42.5 Å². The summed E-state index contributed by atoms with van der Waals surface area (Å²) < 4.78 is 10.8. The highest BCUT2D eigenvalue weighted by Gasteiger charge is 2.06. The van der Waals surface area contributed by atoms with E-state index in [1.54, 1.807) is 7.11 Å². The molecule has 6 nitrogen and oxygen atoms in total. The third-order valence-corrected chi connectivity index (χ3v) is 3.90. The van der Waals surface area contributed by atoms with Gasteiger partial charge in [0, 0.05) is 30.5 Å². The van der Waals surface area contributed by atoms with E-state index >= 15 is 0 Å². The number of nitrogens with zero attached hydrogens (tertiary/aromatic N) is 1. The molecule has 3 rings (SSSR count). The minimum atomic E-state index is -0.492. The fraction of sp³-hybridized carbons (Fsp3) is 0.278. The van der Waals surface area contributed by atoms with Crippen LogP contribution in [0.3, 0.4) is 0 Å². The van der Waals surface area contributed by atoms with Crippen LogP contribution in [0, 0.1) is 10.4 Å². The molecule has 0 aliphatic heterocycles. The van der Waals surface area contributed by atoms with E-state index in [0.717, 1.165) is 29.6 Å². The van der Waals surface area contributed by atoms with Gasteiger partial charge < -0.3 is 9.47 Å². The maximum Gasteiger partial charge on any atom is 0.355 e. The first kappa shape index (κ1) is 18.9. The number of halogens is 1. The SMILES string of the molecule is CON(C)C(=O)NCl.COc1ccc(CCOc2cc3ccc2=3)cc1. The maximum absolute atomic E-state index is 10.3. The van der Waals surface area contributed by atoms with Gasteiger partial charge >= 0.3 is 6.03 Å². The Morgan fingerprint density at radius 2 is 1.88 bits per heavy atom. The van der Waals surface area contributed by atoms with Gasteiger partial charge in [-0.15, -0.1) is 0 Å². The first-order valence-electron chi connectivity index (χ1n) is 7.67. The highest BCUT2D eigenvalue weighted by molar-refractivity contribution is 6.20. The largest absolute Gasteiger partial charge is 0.497 e. The fourth-order valence-corrected chi connectivity index (χ4v) is 2.21. The average Bonchev–Trinajstić information content (AvgIpc) is 2.64. The summed E-state index contributed by atoms with van der Waals surface area (Å²) in [6, 6.07) is 13.9. The highest BCUT2D eigenvalue weighted by atomic mass is 35.5. The van der Waals surface area contributed by atoms with Crippen LogP contribution in [0.1, 0.15) is 5.56 Å². The quantitative estimate of drug-likeness (QED) is 0.538. The molecule has 1 aromatic carbocycles. The summed E-state index contributed by atoms with van der Waals surface area (Å²) in [6.07, 6.45) is 0.924. The van der Waals surface area contributed by atoms with E-state index in [1.807, 2.05) is 17.0 Å². The number of benzene rings is 2. The lowest BCUT2D eigenvalue weighted by molar-refractivity contribution is -0.0629. The molecule has 0 unspecified atom stereocenters. The van der Waals surface area contributed by atoms with Crippen molar-refractivity contribution in [1.29, 1.82) is 0 Å². The van der Waals surface area contributed by atoms with Gasteiger partial charge in [0.05, 0.1) is 20.8 Å². The van der Waals surface area contributed by atoms with Crippen molar-refractivity contribution in [3.8, 4) is 11.5 Å². The highest BCUT2D eigenvalue weighted by Crippen LogP contribution is 2.24. The summed E-state index contributed by atoms with van der Waals surface area (Å²) >= 11 is 4.90. The van der Waals surface area contributed by atoms with Crippen molar-refractivity contribution >= 4 is 17.8 Å². The molecule has 0 radical (unpaired) electrons. The molecule has 0 spiro atoms. The molecule has 0 atom stereocenters. The van der Waals surface area contributed by atoms with Crippen LogP contribution in [-0.2, 0) is 11.3 Å². The van der Waals surface area contributed by atoms with Crippen molar-refractivity contribution in [3.05, 3.63) is 58.5 Å². The molecule has 25 heavy (non-hydrogen) atoms. The standard InChI is InChI=1S/C15H14O2.C3H7ClN2O2/c1-16-13-5-2-11(3-6-13)8-9-17-15-10-12-4-7-14(12)15;1-6(8-2)3(7)5-4/h2-7,10H,8-9H2,1H3;1-2H3,(H,5,7). The number of urea groups is 1. The number of nitrogens with one attached hydrogen (secondary N) is 1. The number of carbonyl (C=O) groups is 1. The van der Waals surface area contributed by atoms with Gasteiger partial charge in [0.25, 0.3) is 0 Å². The molecule has 0 aromatic heterocycles. The molecular weight excluding hydrogens is 344 g/mol. The summed E-state index contributed by atoms with van der Waals surface area (Å²) in [6.45, 7) is 0.725. The Balaban J connectivity index is 0.000000242. The second-order valence-corrected chi connectivity index (χ2v) is 5.43. The second-order valence-electron chi connectivity index (χ2n) is 5.24. The number of ether oxygens (including phenoxy) is 2. The van der Waals surface area contributed by atoms with E-state index in [9.17, 15) is 4.79 Å². The van der Waals surface area contributed by atoms with Crippen molar-refractivity contribution in [2.45, 2.75) is 6.42 Å². The summed E-state index contributed by atoms with van der Waals surface area (Å²) in [7, 11) is 4.49. The molecule has 2 aliphatic carbocycles. The number of carbonyl (C=O) groups excluding carboxylic acids is 1. The minimum Gasteiger partial charge on any atom is -0.497 e. The topological polar surface area (TPSA) is 60.0 Å². The Morgan fingerprint density at radius 1 is 1.16 bits per heavy atom. The monoisotopic (exact) mass is 364 g/mol. The molecule has 0 saturated heterocycles. The molecule has 2 amide bonds. The van der Waals surface area contributed by atoms with E-state index < -0.39 is 6.03 Å². The van der Waals surface area contributed by atoms with Crippen molar-refractivity contribution in [2.24, 2.45) is 0 Å². The lowest BCUT2D eigenvalue weighted by Crippen LogP contribution is -2.31. The van der Waals surface area contributed by atoms with Gasteiger partial charge in [-0.05, 0) is 29.0 Å². The van der Waals surface area contributed by atoms with Crippen molar-refractivity contribution in [3.63, 3.8) is 0 Å². The Kier molecular flexibility index (Phi) is 6.91. The van der Waals surface area contributed by atoms with Crippen molar-refractivity contribution in [1.82, 2.24) is 9.90 Å². The molecule has 2 aliphatic rings. The molecule has 134 valence electrons. The molecule has 7 heteroatoms. The van der Waals surface area contributed by atoms with E-state index in [4.69, 9.17) is 21.3 Å². The van der Waals surface area contributed by atoms with Crippen LogP contribution in [0.2, 0.25) is 0 Å². The number of rotatable bonds is 6. The van der Waals surface area contributed by atoms with Crippen LogP contribution >= 0.6 is 11.8 Å². The van der Waals surface area contributed by atoms with Crippen molar-refractivity contribution in [2.75, 3.05) is 27.9 Å². The van der Waals surface area contributed by atoms with Crippen LogP contribution < -0.4 is 14.3 Å². The van der Waals surface area contributed by atoms with Gasteiger partial charge in [0.15, 0.2) is 0 Å². The summed E-state index contributed by atoms with van der Waals surface area (Å²) in [4.78, 5) is 16.6. The zero-order valence-corrected chi connectivity index (χ0v) is 15.2. The number of hydroxylamine groups is 2. The zero-order valence-electron chi connectivity index (χ0n) is 14.4. The summed E-state index contributed by atoms with van der Waals surface area (Å²) in [5.41, 5.74) is 1.27. The van der Waals surface area contributed by atoms with Crippen LogP contribution in [0.4, 0.5) is 4.79 Å². The first-order chi connectivity index (χ1) is 12.1. The number of hydrogen-bond donors (Lipinski definition) is 1. The maximum atomic E-state index is 10.3. The molecule has 1 N–H and O–H groups in total. The summed E-state index contributed by atoms with van der Waals surface area (Å²) in [5.74, 6) is 1.93. The van der Waals surface area contributed by atoms with Gasteiger partial charge in [-0.25, -0.2) is 14.7 Å². The van der Waals surface area contributed by atoms with Crippen LogP contribution in [-0.4, -0.2) is 39.0 Å². The van der Waals surface area contributed by atoms with Crippen molar-refractivity contribution < 1.29 is 19.1 Å². The van der Waals surface area contributed by atoms with Gasteiger partial charge in [-0.3, -0.25) is 4.84 Å². The predicted octanol–water partition coefficient (Wildman–Crippen LogP) is 3.26. The third-order valence-electron chi connectivity index (χ3n) is 3.74. The van der Waals surface area contributed by atoms with Gasteiger partial charge in [0.1, 0.15) is 11.5 Å². The van der Waals surface area contributed by atoms with E-state index in [1.165, 1.54) is 30.2 Å². The fourth-order valence-electron chi connectivity index (χ4n) is 2.09. The summed E-state index contributed by atoms with van der Waals surface area (Å²) in [5, 5.41) is 3.57.